The molecule has 0 spiro atoms. The van der Waals surface area contributed by atoms with Gasteiger partial charge < -0.3 is 4.74 Å². The molecule has 4 heteroatoms. The van der Waals surface area contributed by atoms with Crippen molar-refractivity contribution in [2.75, 3.05) is 6.61 Å². The van der Waals surface area contributed by atoms with E-state index in [2.05, 4.69) is 45.9 Å². The highest BCUT2D eigenvalue weighted by Gasteiger charge is 2.18. The van der Waals surface area contributed by atoms with Crippen molar-refractivity contribution in [2.45, 2.75) is 25.5 Å². The van der Waals surface area contributed by atoms with Crippen LogP contribution in [0.25, 0.3) is 10.9 Å². The lowest BCUT2D eigenvalue weighted by Crippen LogP contribution is -2.18. The van der Waals surface area contributed by atoms with Crippen LogP contribution in [0.4, 0.5) is 0 Å². The Hall–Kier alpha value is -0.620. The van der Waals surface area contributed by atoms with Gasteiger partial charge in [0.15, 0.2) is 6.23 Å². The normalized spacial score (nSPS) is 21.4. The monoisotopic (exact) mass is 328 g/mol. The molecule has 1 fully saturated rings. The summed E-state index contributed by atoms with van der Waals surface area (Å²) in [4.78, 5) is 0. The fourth-order valence-electron chi connectivity index (χ4n) is 2.18. The van der Waals surface area contributed by atoms with Gasteiger partial charge in [0.05, 0.1) is 11.7 Å². The average molecular weight is 328 g/mol. The molecule has 0 radical (unpaired) electrons. The minimum atomic E-state index is 0.129. The van der Waals surface area contributed by atoms with E-state index in [0.717, 1.165) is 13.0 Å². The molecule has 2 aromatic rings. The molecule has 1 aromatic heterocycles. The first-order valence-electron chi connectivity index (χ1n) is 5.59. The van der Waals surface area contributed by atoms with E-state index in [9.17, 15) is 0 Å². The zero-order chi connectivity index (χ0) is 11.0. The van der Waals surface area contributed by atoms with Crippen molar-refractivity contribution >= 4 is 33.5 Å². The summed E-state index contributed by atoms with van der Waals surface area (Å²) in [6.07, 6.45) is 5.55. The predicted molar refractivity (Wildman–Crippen MR) is 71.3 cm³/mol. The fourth-order valence-corrected chi connectivity index (χ4v) is 2.80. The number of hydrogen-bond donors (Lipinski definition) is 0. The van der Waals surface area contributed by atoms with Gasteiger partial charge in [-0.05, 0) is 54.0 Å². The standard InChI is InChI=1S/C12H13IN2O/c13-10-4-3-5-11-9(10)8-14-15(11)12-6-1-2-7-16-12/h3-5,8,12H,1-2,6-7H2. The number of aromatic nitrogens is 2. The minimum absolute atomic E-state index is 0.129. The summed E-state index contributed by atoms with van der Waals surface area (Å²) in [5.41, 5.74) is 1.18. The summed E-state index contributed by atoms with van der Waals surface area (Å²) in [7, 11) is 0. The van der Waals surface area contributed by atoms with Crippen LogP contribution >= 0.6 is 22.6 Å². The summed E-state index contributed by atoms with van der Waals surface area (Å²) in [6.45, 7) is 0.857. The highest BCUT2D eigenvalue weighted by atomic mass is 127. The molecule has 0 amide bonds. The molecule has 84 valence electrons. The zero-order valence-electron chi connectivity index (χ0n) is 8.90. The van der Waals surface area contributed by atoms with Crippen LogP contribution in [-0.2, 0) is 4.74 Å². The summed E-state index contributed by atoms with van der Waals surface area (Å²) in [5, 5.41) is 5.69. The first-order chi connectivity index (χ1) is 7.86. The van der Waals surface area contributed by atoms with Gasteiger partial charge in [-0.3, -0.25) is 0 Å². The van der Waals surface area contributed by atoms with Crippen molar-refractivity contribution in [1.82, 2.24) is 9.78 Å². The number of hydrogen-bond acceptors (Lipinski definition) is 2. The van der Waals surface area contributed by atoms with Gasteiger partial charge in [0, 0.05) is 15.6 Å². The minimum Gasteiger partial charge on any atom is -0.356 e. The Labute approximate surface area is 108 Å². The third-order valence-corrected chi connectivity index (χ3v) is 3.96. The quantitative estimate of drug-likeness (QED) is 0.751. The molecule has 0 aliphatic carbocycles. The number of rotatable bonds is 1. The molecule has 16 heavy (non-hydrogen) atoms. The van der Waals surface area contributed by atoms with Crippen LogP contribution in [0.3, 0.4) is 0 Å². The van der Waals surface area contributed by atoms with Crippen LogP contribution in [0.1, 0.15) is 25.5 Å². The second-order valence-corrected chi connectivity index (χ2v) is 5.25. The van der Waals surface area contributed by atoms with E-state index in [1.807, 2.05) is 10.9 Å². The van der Waals surface area contributed by atoms with E-state index < -0.39 is 0 Å². The molecule has 1 aliphatic heterocycles. The molecule has 3 nitrogen and oxygen atoms in total. The number of fused-ring (bicyclic) bond motifs is 1. The molecule has 0 saturated carbocycles. The van der Waals surface area contributed by atoms with Crippen LogP contribution in [0.15, 0.2) is 24.4 Å². The second kappa shape index (κ2) is 4.33. The molecule has 1 saturated heterocycles. The maximum atomic E-state index is 5.77. The topological polar surface area (TPSA) is 27.1 Å². The molecule has 1 atom stereocenters. The van der Waals surface area contributed by atoms with E-state index in [4.69, 9.17) is 4.74 Å². The second-order valence-electron chi connectivity index (χ2n) is 4.08. The SMILES string of the molecule is Ic1cccc2c1cnn2C1CCCCO1. The predicted octanol–water partition coefficient (Wildman–Crippen LogP) is 3.34. The zero-order valence-corrected chi connectivity index (χ0v) is 11.1. The van der Waals surface area contributed by atoms with Crippen LogP contribution in [0.5, 0.6) is 0 Å². The summed E-state index contributed by atoms with van der Waals surface area (Å²) >= 11 is 2.35. The Kier molecular flexibility index (Phi) is 2.85. The number of nitrogens with zero attached hydrogens (tertiary/aromatic N) is 2. The Morgan fingerprint density at radius 1 is 1.38 bits per heavy atom. The summed E-state index contributed by atoms with van der Waals surface area (Å²) in [6, 6.07) is 6.30. The van der Waals surface area contributed by atoms with Crippen LogP contribution < -0.4 is 0 Å². The van der Waals surface area contributed by atoms with Gasteiger partial charge in [0.25, 0.3) is 0 Å². The Morgan fingerprint density at radius 3 is 3.12 bits per heavy atom. The Balaban J connectivity index is 2.06. The van der Waals surface area contributed by atoms with Crippen molar-refractivity contribution in [3.63, 3.8) is 0 Å². The molecule has 0 bridgehead atoms. The van der Waals surface area contributed by atoms with Gasteiger partial charge in [-0.2, -0.15) is 5.10 Å². The van der Waals surface area contributed by atoms with Crippen molar-refractivity contribution < 1.29 is 4.74 Å². The lowest BCUT2D eigenvalue weighted by atomic mass is 10.2. The van der Waals surface area contributed by atoms with E-state index in [1.165, 1.54) is 27.3 Å². The lowest BCUT2D eigenvalue weighted by molar-refractivity contribution is -0.0366. The fraction of sp³-hybridized carbons (Fsp3) is 0.417. The van der Waals surface area contributed by atoms with E-state index in [1.54, 1.807) is 0 Å². The molecule has 2 heterocycles. The van der Waals surface area contributed by atoms with Gasteiger partial charge in [-0.25, -0.2) is 4.68 Å². The van der Waals surface area contributed by atoms with Gasteiger partial charge in [-0.1, -0.05) is 6.07 Å². The van der Waals surface area contributed by atoms with E-state index >= 15 is 0 Å². The van der Waals surface area contributed by atoms with Crippen LogP contribution in [0, 0.1) is 3.57 Å². The molecule has 3 rings (SSSR count). The van der Waals surface area contributed by atoms with Gasteiger partial charge >= 0.3 is 0 Å². The average Bonchev–Trinajstić information content (AvgIpc) is 2.75. The third kappa shape index (κ3) is 1.73. The maximum absolute atomic E-state index is 5.77. The van der Waals surface area contributed by atoms with Gasteiger partial charge in [0.2, 0.25) is 0 Å². The van der Waals surface area contributed by atoms with Gasteiger partial charge in [0.1, 0.15) is 0 Å². The number of benzene rings is 1. The van der Waals surface area contributed by atoms with Crippen molar-refractivity contribution in [2.24, 2.45) is 0 Å². The van der Waals surface area contributed by atoms with Crippen LogP contribution in [-0.4, -0.2) is 16.4 Å². The lowest BCUT2D eigenvalue weighted by Gasteiger charge is -2.23. The summed E-state index contributed by atoms with van der Waals surface area (Å²) in [5.74, 6) is 0. The van der Waals surface area contributed by atoms with Crippen molar-refractivity contribution in [3.05, 3.63) is 28.0 Å². The van der Waals surface area contributed by atoms with Crippen LogP contribution in [0.2, 0.25) is 0 Å². The maximum Gasteiger partial charge on any atom is 0.150 e. The summed E-state index contributed by atoms with van der Waals surface area (Å²) < 4.78 is 9.04. The molecule has 1 unspecified atom stereocenters. The smallest absolute Gasteiger partial charge is 0.150 e. The van der Waals surface area contributed by atoms with E-state index in [0.29, 0.717) is 0 Å². The van der Waals surface area contributed by atoms with E-state index in [-0.39, 0.29) is 6.23 Å². The molecule has 0 N–H and O–H groups in total. The molecule has 1 aliphatic rings. The first-order valence-corrected chi connectivity index (χ1v) is 6.67. The molecular weight excluding hydrogens is 315 g/mol. The molecule has 1 aromatic carbocycles. The highest BCUT2D eigenvalue weighted by Crippen LogP contribution is 2.27. The number of ether oxygens (including phenoxy) is 1. The Morgan fingerprint density at radius 2 is 2.31 bits per heavy atom. The van der Waals surface area contributed by atoms with Crippen molar-refractivity contribution in [3.8, 4) is 0 Å². The Bertz CT molecular complexity index is 503. The first kappa shape index (κ1) is 10.5. The highest BCUT2D eigenvalue weighted by molar-refractivity contribution is 14.1. The largest absolute Gasteiger partial charge is 0.356 e. The third-order valence-electron chi connectivity index (χ3n) is 3.02. The molecular formula is C12H13IN2O. The number of halogens is 1. The van der Waals surface area contributed by atoms with Crippen molar-refractivity contribution in [1.29, 1.82) is 0 Å². The van der Waals surface area contributed by atoms with Gasteiger partial charge in [-0.15, -0.1) is 0 Å².